The van der Waals surface area contributed by atoms with Gasteiger partial charge in [-0.3, -0.25) is 4.79 Å². The quantitative estimate of drug-likeness (QED) is 0.104. The van der Waals surface area contributed by atoms with E-state index in [1.165, 1.54) is 0 Å². The van der Waals surface area contributed by atoms with Crippen LogP contribution in [0.25, 0.3) is 0 Å². The van der Waals surface area contributed by atoms with Gasteiger partial charge in [0.15, 0.2) is 0 Å². The van der Waals surface area contributed by atoms with E-state index in [0.29, 0.717) is 48.8 Å². The molecule has 0 N–H and O–H groups in total. The molecule has 7 heteroatoms. The van der Waals surface area contributed by atoms with E-state index < -0.39 is 11.9 Å². The fourth-order valence-electron chi connectivity index (χ4n) is 6.27. The van der Waals surface area contributed by atoms with Gasteiger partial charge in [-0.2, -0.15) is 0 Å². The highest BCUT2D eigenvalue weighted by atomic mass is 35.5. The first kappa shape index (κ1) is 36.2. The van der Waals surface area contributed by atoms with Gasteiger partial charge >= 0.3 is 5.97 Å². The normalized spacial score (nSPS) is 14.4. The van der Waals surface area contributed by atoms with Gasteiger partial charge in [0.05, 0.1) is 6.61 Å². The summed E-state index contributed by atoms with van der Waals surface area (Å²) < 4.78 is 6.06. The van der Waals surface area contributed by atoms with Crippen molar-refractivity contribution in [3.63, 3.8) is 0 Å². The van der Waals surface area contributed by atoms with E-state index in [9.17, 15) is 9.59 Å². The van der Waals surface area contributed by atoms with Gasteiger partial charge in [-0.05, 0) is 75.1 Å². The number of amides is 1. The Bertz CT molecular complexity index is 1680. The van der Waals surface area contributed by atoms with Crippen LogP contribution in [0.5, 0.6) is 0 Å². The predicted octanol–water partition coefficient (Wildman–Crippen LogP) is 8.86. The van der Waals surface area contributed by atoms with E-state index in [1.54, 1.807) is 18.3 Å². The zero-order valence-corrected chi connectivity index (χ0v) is 29.2. The fraction of sp³-hybridized carbons (Fsp3) is 0.293. The van der Waals surface area contributed by atoms with Crippen molar-refractivity contribution < 1.29 is 14.3 Å². The van der Waals surface area contributed by atoms with Gasteiger partial charge in [0.1, 0.15) is 5.82 Å². The van der Waals surface area contributed by atoms with Crippen molar-refractivity contribution in [1.82, 2.24) is 9.88 Å². The van der Waals surface area contributed by atoms with Gasteiger partial charge in [-0.15, -0.1) is 0 Å². The lowest BCUT2D eigenvalue weighted by atomic mass is 9.80. The highest BCUT2D eigenvalue weighted by Gasteiger charge is 2.36. The molecule has 0 saturated carbocycles. The number of halogens is 1. The fourth-order valence-corrected chi connectivity index (χ4v) is 6.47. The smallest absolute Gasteiger partial charge is 0.334 e. The molecule has 0 radical (unpaired) electrons. The molecule has 1 aliphatic rings. The van der Waals surface area contributed by atoms with Gasteiger partial charge in [0.2, 0.25) is 0 Å². The highest BCUT2D eigenvalue weighted by molar-refractivity contribution is 6.30. The minimum atomic E-state index is -0.665. The summed E-state index contributed by atoms with van der Waals surface area (Å²) in [6.07, 6.45) is 7.83. The standard InChI is InChI=1S/C41H46ClN3O3/c1-7-15-31(8-2)35(32-16-10-9-11-17-32)21-27-48-41(47)38(30(5)6)39(33-18-14-19-34(42)28-33)37(29(3)4)40(46)45-25-23-44(24-26-45)36-20-12-13-22-43-36/h7-20,22,28,35,39H,1-2,21,23-27H2,3-6H3/b31-15+. The van der Waals surface area contributed by atoms with Crippen molar-refractivity contribution in [3.05, 3.63) is 154 Å². The number of anilines is 1. The number of allylic oxidation sites excluding steroid dienone is 6. The van der Waals surface area contributed by atoms with Crippen molar-refractivity contribution >= 4 is 29.3 Å². The minimum absolute atomic E-state index is 0.0342. The Balaban J connectivity index is 1.63. The maximum atomic E-state index is 14.5. The Hall–Kier alpha value is -4.68. The number of nitrogens with zero attached hydrogens (tertiary/aromatic N) is 3. The summed E-state index contributed by atoms with van der Waals surface area (Å²) in [5, 5.41) is 0.528. The average Bonchev–Trinajstić information content (AvgIpc) is 3.09. The molecule has 3 aromatic rings. The van der Waals surface area contributed by atoms with Gasteiger partial charge in [0.25, 0.3) is 5.91 Å². The summed E-state index contributed by atoms with van der Waals surface area (Å²) in [6.45, 7) is 18.1. The summed E-state index contributed by atoms with van der Waals surface area (Å²) >= 11 is 6.51. The molecule has 2 aromatic carbocycles. The Morgan fingerprint density at radius 2 is 1.54 bits per heavy atom. The number of ether oxygens (including phenoxy) is 1. The number of carbonyl (C=O) groups is 2. The molecule has 250 valence electrons. The molecule has 1 saturated heterocycles. The average molecular weight is 664 g/mol. The molecule has 1 amide bonds. The Kier molecular flexibility index (Phi) is 13.2. The van der Waals surface area contributed by atoms with Crippen LogP contribution in [0, 0.1) is 0 Å². The van der Waals surface area contributed by atoms with E-state index in [0.717, 1.165) is 33.7 Å². The molecule has 1 fully saturated rings. The number of hydrogen-bond donors (Lipinski definition) is 0. The van der Waals surface area contributed by atoms with Crippen LogP contribution in [-0.2, 0) is 14.3 Å². The molecule has 2 unspecified atom stereocenters. The number of piperazine rings is 1. The second-order valence-corrected chi connectivity index (χ2v) is 12.7. The SMILES string of the molecule is C=C/C=C(\C=C)C(CCOC(=O)C(=C(C)C)C(C(C(=O)N1CCN(c2ccccn2)CC1)=C(C)C)c1cccc(Cl)c1)c1ccccc1. The van der Waals surface area contributed by atoms with E-state index >= 15 is 0 Å². The van der Waals surface area contributed by atoms with Crippen molar-refractivity contribution in [2.45, 2.75) is 46.0 Å². The Morgan fingerprint density at radius 1 is 0.875 bits per heavy atom. The lowest BCUT2D eigenvalue weighted by molar-refractivity contribution is -0.139. The second-order valence-electron chi connectivity index (χ2n) is 12.3. The number of benzene rings is 2. The highest BCUT2D eigenvalue weighted by Crippen LogP contribution is 2.39. The van der Waals surface area contributed by atoms with Crippen molar-refractivity contribution in [2.24, 2.45) is 0 Å². The van der Waals surface area contributed by atoms with Crippen LogP contribution in [-0.4, -0.2) is 54.5 Å². The Labute approximate surface area is 290 Å². The number of carbonyl (C=O) groups excluding carboxylic acids is 2. The lowest BCUT2D eigenvalue weighted by Crippen LogP contribution is -2.50. The topological polar surface area (TPSA) is 62.7 Å². The molecule has 4 rings (SSSR count). The van der Waals surface area contributed by atoms with Gasteiger partial charge in [-0.25, -0.2) is 9.78 Å². The van der Waals surface area contributed by atoms with Crippen LogP contribution in [0.2, 0.25) is 5.02 Å². The maximum Gasteiger partial charge on any atom is 0.334 e. The summed E-state index contributed by atoms with van der Waals surface area (Å²) in [6, 6.07) is 23.3. The molecule has 0 aliphatic carbocycles. The number of esters is 1. The van der Waals surface area contributed by atoms with E-state index in [2.05, 4.69) is 35.2 Å². The molecular formula is C41H46ClN3O3. The second kappa shape index (κ2) is 17.5. The summed E-state index contributed by atoms with van der Waals surface area (Å²) in [7, 11) is 0. The molecule has 1 aliphatic heterocycles. The zero-order chi connectivity index (χ0) is 34.6. The number of rotatable bonds is 13. The van der Waals surface area contributed by atoms with Crippen molar-refractivity contribution in [2.75, 3.05) is 37.7 Å². The van der Waals surface area contributed by atoms with Crippen LogP contribution >= 0.6 is 11.6 Å². The van der Waals surface area contributed by atoms with Crippen LogP contribution in [0.3, 0.4) is 0 Å². The van der Waals surface area contributed by atoms with Gasteiger partial charge in [-0.1, -0.05) is 103 Å². The third kappa shape index (κ3) is 9.02. The van der Waals surface area contributed by atoms with Gasteiger partial charge < -0.3 is 14.5 Å². The van der Waals surface area contributed by atoms with Crippen molar-refractivity contribution in [3.8, 4) is 0 Å². The molecule has 0 spiro atoms. The maximum absolute atomic E-state index is 14.5. The van der Waals surface area contributed by atoms with Crippen LogP contribution < -0.4 is 4.90 Å². The van der Waals surface area contributed by atoms with Crippen LogP contribution in [0.4, 0.5) is 5.82 Å². The third-order valence-corrected chi connectivity index (χ3v) is 8.85. The molecule has 6 nitrogen and oxygen atoms in total. The summed E-state index contributed by atoms with van der Waals surface area (Å²) in [4.78, 5) is 37.2. The molecule has 2 heterocycles. The molecule has 0 bridgehead atoms. The number of aromatic nitrogens is 1. The zero-order valence-electron chi connectivity index (χ0n) is 28.5. The predicted molar refractivity (Wildman–Crippen MR) is 197 cm³/mol. The first-order chi connectivity index (χ1) is 23.2. The first-order valence-corrected chi connectivity index (χ1v) is 16.8. The van der Waals surface area contributed by atoms with Crippen molar-refractivity contribution in [1.29, 1.82) is 0 Å². The van der Waals surface area contributed by atoms with Gasteiger partial charge in [0, 0.05) is 60.4 Å². The molecule has 48 heavy (non-hydrogen) atoms. The molecule has 1 aromatic heterocycles. The van der Waals surface area contributed by atoms with E-state index in [-0.39, 0.29) is 18.4 Å². The number of pyridine rings is 1. The third-order valence-electron chi connectivity index (χ3n) is 8.62. The number of hydrogen-bond acceptors (Lipinski definition) is 5. The lowest BCUT2D eigenvalue weighted by Gasteiger charge is -2.37. The minimum Gasteiger partial charge on any atom is -0.462 e. The first-order valence-electron chi connectivity index (χ1n) is 16.4. The Morgan fingerprint density at radius 3 is 2.12 bits per heavy atom. The van der Waals surface area contributed by atoms with Crippen LogP contribution in [0.15, 0.2) is 138 Å². The monoisotopic (exact) mass is 663 g/mol. The summed E-state index contributed by atoms with van der Waals surface area (Å²) in [5.41, 5.74) is 5.45. The largest absolute Gasteiger partial charge is 0.462 e. The molecule has 2 atom stereocenters. The molecular weight excluding hydrogens is 618 g/mol. The van der Waals surface area contributed by atoms with Crippen LogP contribution in [0.1, 0.15) is 57.1 Å². The van der Waals surface area contributed by atoms with E-state index in [4.69, 9.17) is 16.3 Å². The van der Waals surface area contributed by atoms with E-state index in [1.807, 2.05) is 99.3 Å². The summed E-state index contributed by atoms with van der Waals surface area (Å²) in [5.74, 6) is -0.351.